The molecule has 1 aromatic rings. The zero-order valence-corrected chi connectivity index (χ0v) is 8.19. The highest BCUT2D eigenvalue weighted by Crippen LogP contribution is 2.32. The molecule has 1 saturated carbocycles. The van der Waals surface area contributed by atoms with E-state index in [0.29, 0.717) is 12.8 Å². The molecule has 76 valence electrons. The van der Waals surface area contributed by atoms with E-state index in [1.54, 1.807) is 0 Å². The highest BCUT2D eigenvalue weighted by atomic mass is 16.3. The summed E-state index contributed by atoms with van der Waals surface area (Å²) in [7, 11) is 0. The van der Waals surface area contributed by atoms with Crippen molar-refractivity contribution in [3.63, 3.8) is 0 Å². The Balaban J connectivity index is 2.10. The predicted molar refractivity (Wildman–Crippen MR) is 55.0 cm³/mol. The van der Waals surface area contributed by atoms with E-state index in [-0.39, 0.29) is 0 Å². The van der Waals surface area contributed by atoms with Gasteiger partial charge in [0.15, 0.2) is 0 Å². The van der Waals surface area contributed by atoms with Crippen LogP contribution in [0.3, 0.4) is 0 Å². The Morgan fingerprint density at radius 2 is 2.00 bits per heavy atom. The van der Waals surface area contributed by atoms with Crippen LogP contribution < -0.4 is 0 Å². The lowest BCUT2D eigenvalue weighted by atomic mass is 9.91. The van der Waals surface area contributed by atoms with E-state index in [4.69, 9.17) is 0 Å². The lowest BCUT2D eigenvalue weighted by molar-refractivity contribution is -0.0521. The maximum Gasteiger partial charge on any atom is 0.0945 e. The van der Waals surface area contributed by atoms with Crippen molar-refractivity contribution in [3.8, 4) is 0 Å². The highest BCUT2D eigenvalue weighted by Gasteiger charge is 2.39. The van der Waals surface area contributed by atoms with Crippen LogP contribution in [-0.2, 0) is 6.42 Å². The van der Waals surface area contributed by atoms with Gasteiger partial charge in [-0.05, 0) is 24.8 Å². The summed E-state index contributed by atoms with van der Waals surface area (Å²) in [4.78, 5) is 0. The van der Waals surface area contributed by atoms with E-state index in [1.165, 1.54) is 0 Å². The van der Waals surface area contributed by atoms with Crippen molar-refractivity contribution < 1.29 is 10.2 Å². The molecule has 1 aromatic carbocycles. The van der Waals surface area contributed by atoms with Gasteiger partial charge < -0.3 is 10.2 Å². The predicted octanol–water partition coefficient (Wildman–Crippen LogP) is 1.50. The lowest BCUT2D eigenvalue weighted by Crippen LogP contribution is -2.39. The van der Waals surface area contributed by atoms with Gasteiger partial charge in [0, 0.05) is 6.42 Å². The van der Waals surface area contributed by atoms with E-state index in [2.05, 4.69) is 0 Å². The average molecular weight is 192 g/mol. The quantitative estimate of drug-likeness (QED) is 0.745. The van der Waals surface area contributed by atoms with Gasteiger partial charge in [-0.1, -0.05) is 30.3 Å². The molecule has 0 amide bonds. The van der Waals surface area contributed by atoms with Crippen LogP contribution in [0.4, 0.5) is 0 Å². The molecule has 2 unspecified atom stereocenters. The molecule has 14 heavy (non-hydrogen) atoms. The number of rotatable bonds is 2. The second kappa shape index (κ2) is 3.71. The molecule has 2 N–H and O–H groups in total. The molecule has 2 nitrogen and oxygen atoms in total. The first kappa shape index (κ1) is 9.69. The third-order valence-electron chi connectivity index (χ3n) is 3.06. The standard InChI is InChI=1S/C12H16O2/c13-11-7-4-8-12(11,14)9-10-5-2-1-3-6-10/h1-3,5-6,11,13-14H,4,7-9H2. The largest absolute Gasteiger partial charge is 0.390 e. The molecule has 2 atom stereocenters. The van der Waals surface area contributed by atoms with E-state index >= 15 is 0 Å². The summed E-state index contributed by atoms with van der Waals surface area (Å²) in [6.07, 6.45) is 2.37. The molecule has 0 aromatic heterocycles. The Morgan fingerprint density at radius 3 is 2.57 bits per heavy atom. The van der Waals surface area contributed by atoms with Crippen LogP contribution in [0.1, 0.15) is 24.8 Å². The van der Waals surface area contributed by atoms with E-state index < -0.39 is 11.7 Å². The van der Waals surface area contributed by atoms with Crippen molar-refractivity contribution >= 4 is 0 Å². The molecule has 1 fully saturated rings. The Kier molecular flexibility index (Phi) is 2.57. The average Bonchev–Trinajstić information content (AvgIpc) is 2.48. The summed E-state index contributed by atoms with van der Waals surface area (Å²) in [6, 6.07) is 9.85. The van der Waals surface area contributed by atoms with Crippen molar-refractivity contribution in [3.05, 3.63) is 35.9 Å². The van der Waals surface area contributed by atoms with Gasteiger partial charge in [0.1, 0.15) is 0 Å². The van der Waals surface area contributed by atoms with Gasteiger partial charge >= 0.3 is 0 Å². The molecule has 0 spiro atoms. The summed E-state index contributed by atoms with van der Waals surface area (Å²) in [6.45, 7) is 0. The molecule has 0 aliphatic heterocycles. The Labute approximate surface area is 84.2 Å². The van der Waals surface area contributed by atoms with Crippen molar-refractivity contribution in [1.82, 2.24) is 0 Å². The molecule has 0 saturated heterocycles. The van der Waals surface area contributed by atoms with Crippen LogP contribution in [-0.4, -0.2) is 21.9 Å². The minimum Gasteiger partial charge on any atom is -0.390 e. The first-order valence-corrected chi connectivity index (χ1v) is 5.15. The first-order chi connectivity index (χ1) is 6.71. The van der Waals surface area contributed by atoms with Gasteiger partial charge in [-0.3, -0.25) is 0 Å². The minimum absolute atomic E-state index is 0.553. The van der Waals surface area contributed by atoms with Gasteiger partial charge in [-0.25, -0.2) is 0 Å². The molecule has 0 heterocycles. The van der Waals surface area contributed by atoms with Crippen molar-refractivity contribution in [2.45, 2.75) is 37.4 Å². The Morgan fingerprint density at radius 1 is 1.29 bits per heavy atom. The van der Waals surface area contributed by atoms with Gasteiger partial charge in [0.25, 0.3) is 0 Å². The second-order valence-corrected chi connectivity index (χ2v) is 4.17. The third kappa shape index (κ3) is 1.81. The summed E-state index contributed by atoms with van der Waals surface area (Å²) < 4.78 is 0. The second-order valence-electron chi connectivity index (χ2n) is 4.17. The van der Waals surface area contributed by atoms with Crippen LogP contribution in [0.2, 0.25) is 0 Å². The van der Waals surface area contributed by atoms with Gasteiger partial charge in [-0.15, -0.1) is 0 Å². The fraction of sp³-hybridized carbons (Fsp3) is 0.500. The minimum atomic E-state index is -0.888. The number of hydrogen-bond acceptors (Lipinski definition) is 2. The highest BCUT2D eigenvalue weighted by molar-refractivity contribution is 5.18. The molecule has 0 bridgehead atoms. The number of aliphatic hydroxyl groups is 2. The lowest BCUT2D eigenvalue weighted by Gasteiger charge is -2.26. The summed E-state index contributed by atoms with van der Waals surface area (Å²) in [5.74, 6) is 0. The molecule has 2 rings (SSSR count). The molecule has 0 radical (unpaired) electrons. The summed E-state index contributed by atoms with van der Waals surface area (Å²) in [5, 5.41) is 19.8. The molecule has 2 heteroatoms. The van der Waals surface area contributed by atoms with Gasteiger partial charge in [-0.2, -0.15) is 0 Å². The fourth-order valence-corrected chi connectivity index (χ4v) is 2.19. The van der Waals surface area contributed by atoms with Crippen molar-refractivity contribution in [2.24, 2.45) is 0 Å². The van der Waals surface area contributed by atoms with Crippen LogP contribution in [0.25, 0.3) is 0 Å². The smallest absolute Gasteiger partial charge is 0.0945 e. The van der Waals surface area contributed by atoms with Crippen LogP contribution in [0.15, 0.2) is 30.3 Å². The maximum atomic E-state index is 10.2. The Hall–Kier alpha value is -0.860. The van der Waals surface area contributed by atoms with Crippen LogP contribution in [0, 0.1) is 0 Å². The zero-order valence-electron chi connectivity index (χ0n) is 8.19. The van der Waals surface area contributed by atoms with Gasteiger partial charge in [0.2, 0.25) is 0 Å². The normalized spacial score (nSPS) is 32.0. The van der Waals surface area contributed by atoms with Crippen molar-refractivity contribution in [1.29, 1.82) is 0 Å². The number of aliphatic hydroxyl groups excluding tert-OH is 1. The van der Waals surface area contributed by atoms with Crippen LogP contribution in [0.5, 0.6) is 0 Å². The van der Waals surface area contributed by atoms with E-state index in [9.17, 15) is 10.2 Å². The van der Waals surface area contributed by atoms with E-state index in [0.717, 1.165) is 18.4 Å². The summed E-state index contributed by atoms with van der Waals surface area (Å²) >= 11 is 0. The zero-order chi connectivity index (χ0) is 10.0. The monoisotopic (exact) mass is 192 g/mol. The third-order valence-corrected chi connectivity index (χ3v) is 3.06. The molecular formula is C12H16O2. The number of benzene rings is 1. The van der Waals surface area contributed by atoms with Gasteiger partial charge in [0.05, 0.1) is 11.7 Å². The molecule has 1 aliphatic rings. The van der Waals surface area contributed by atoms with Crippen LogP contribution >= 0.6 is 0 Å². The van der Waals surface area contributed by atoms with Crippen molar-refractivity contribution in [2.75, 3.05) is 0 Å². The molecule has 1 aliphatic carbocycles. The number of hydrogen-bond donors (Lipinski definition) is 2. The first-order valence-electron chi connectivity index (χ1n) is 5.15. The Bertz CT molecular complexity index is 296. The fourth-order valence-electron chi connectivity index (χ4n) is 2.19. The molecular weight excluding hydrogens is 176 g/mol. The van der Waals surface area contributed by atoms with E-state index in [1.807, 2.05) is 30.3 Å². The topological polar surface area (TPSA) is 40.5 Å². The maximum absolute atomic E-state index is 10.2. The summed E-state index contributed by atoms with van der Waals surface area (Å²) in [5.41, 5.74) is 0.206. The SMILES string of the molecule is OC1CCCC1(O)Cc1ccccc1.